The number of aromatic nitrogens is 1. The first-order valence-corrected chi connectivity index (χ1v) is 13.8. The summed E-state index contributed by atoms with van der Waals surface area (Å²) in [7, 11) is -3.11. The van der Waals surface area contributed by atoms with Crippen LogP contribution in [0.4, 0.5) is 0 Å². The number of rotatable bonds is 5. The van der Waals surface area contributed by atoms with Crippen molar-refractivity contribution in [3.05, 3.63) is 29.1 Å². The van der Waals surface area contributed by atoms with E-state index >= 15 is 0 Å². The molecule has 1 saturated carbocycles. The number of aryl methyl sites for hydroxylation is 1. The predicted molar refractivity (Wildman–Crippen MR) is 125 cm³/mol. The van der Waals surface area contributed by atoms with E-state index in [1.54, 1.807) is 6.08 Å². The Morgan fingerprint density at radius 3 is 2.42 bits per heavy atom. The van der Waals surface area contributed by atoms with Crippen molar-refractivity contribution in [3.8, 4) is 0 Å². The van der Waals surface area contributed by atoms with Crippen LogP contribution >= 0.6 is 0 Å². The molecule has 6 nitrogen and oxygen atoms in total. The van der Waals surface area contributed by atoms with E-state index < -0.39 is 9.84 Å². The van der Waals surface area contributed by atoms with E-state index in [9.17, 15) is 13.2 Å². The summed E-state index contributed by atoms with van der Waals surface area (Å²) in [6, 6.07) is 2.30. The normalized spacial score (nSPS) is 27.7. The fourth-order valence-electron chi connectivity index (χ4n) is 5.85. The van der Waals surface area contributed by atoms with Crippen molar-refractivity contribution in [1.82, 2.24) is 14.8 Å². The van der Waals surface area contributed by atoms with E-state index in [0.717, 1.165) is 31.5 Å². The summed E-state index contributed by atoms with van der Waals surface area (Å²) in [4.78, 5) is 15.0. The molecule has 31 heavy (non-hydrogen) atoms. The van der Waals surface area contributed by atoms with Crippen LogP contribution in [0, 0.1) is 13.8 Å². The minimum Gasteiger partial charge on any atom is -0.347 e. The third-order valence-corrected chi connectivity index (χ3v) is 9.10. The molecule has 1 aliphatic carbocycles. The topological polar surface area (TPSA) is 71.4 Å². The minimum absolute atomic E-state index is 0.0456. The van der Waals surface area contributed by atoms with E-state index in [0.29, 0.717) is 6.04 Å². The van der Waals surface area contributed by atoms with Gasteiger partial charge in [-0.3, -0.25) is 9.69 Å². The molecule has 1 amide bonds. The Morgan fingerprint density at radius 1 is 1.03 bits per heavy atom. The number of amides is 1. The first-order valence-electron chi connectivity index (χ1n) is 12.0. The van der Waals surface area contributed by atoms with Crippen molar-refractivity contribution in [2.75, 3.05) is 24.6 Å². The van der Waals surface area contributed by atoms with Gasteiger partial charge in [-0.05, 0) is 70.3 Å². The first kappa shape index (κ1) is 22.6. The smallest absolute Gasteiger partial charge is 0.244 e. The zero-order chi connectivity index (χ0) is 22.0. The third kappa shape index (κ3) is 5.25. The van der Waals surface area contributed by atoms with E-state index in [4.69, 9.17) is 0 Å². The molecule has 2 atom stereocenters. The van der Waals surface area contributed by atoms with Gasteiger partial charge in [0, 0.05) is 29.5 Å². The lowest BCUT2D eigenvalue weighted by molar-refractivity contribution is -0.117. The molecule has 0 bridgehead atoms. The Labute approximate surface area is 187 Å². The summed E-state index contributed by atoms with van der Waals surface area (Å²) >= 11 is 0. The van der Waals surface area contributed by atoms with Gasteiger partial charge in [-0.15, -0.1) is 0 Å². The highest BCUT2D eigenvalue weighted by Crippen LogP contribution is 2.32. The molecule has 7 heteroatoms. The van der Waals surface area contributed by atoms with Crippen molar-refractivity contribution < 1.29 is 13.2 Å². The van der Waals surface area contributed by atoms with Crippen molar-refractivity contribution in [2.24, 2.45) is 0 Å². The van der Waals surface area contributed by atoms with Gasteiger partial charge < -0.3 is 9.88 Å². The van der Waals surface area contributed by atoms with Crippen LogP contribution in [-0.2, 0) is 14.6 Å². The Hall–Kier alpha value is -1.60. The number of piperidine rings is 1. The van der Waals surface area contributed by atoms with Gasteiger partial charge in [-0.25, -0.2) is 8.42 Å². The second-order valence-electron chi connectivity index (χ2n) is 9.68. The molecule has 1 aromatic heterocycles. The van der Waals surface area contributed by atoms with Crippen LogP contribution in [0.3, 0.4) is 0 Å². The molecule has 0 radical (unpaired) electrons. The fourth-order valence-corrected chi connectivity index (χ4v) is 7.80. The zero-order valence-corrected chi connectivity index (χ0v) is 19.8. The highest BCUT2D eigenvalue weighted by molar-refractivity contribution is 7.91. The summed E-state index contributed by atoms with van der Waals surface area (Å²) in [6.45, 7) is 6.13. The van der Waals surface area contributed by atoms with Gasteiger partial charge in [-0.2, -0.15) is 0 Å². The molecular weight excluding hydrogens is 410 g/mol. The minimum atomic E-state index is -3.11. The van der Waals surface area contributed by atoms with Crippen LogP contribution < -0.4 is 5.32 Å². The highest BCUT2D eigenvalue weighted by atomic mass is 32.2. The maximum Gasteiger partial charge on any atom is 0.244 e. The Bertz CT molecular complexity index is 922. The van der Waals surface area contributed by atoms with Gasteiger partial charge in [0.25, 0.3) is 0 Å². The lowest BCUT2D eigenvalue weighted by Crippen LogP contribution is -2.52. The van der Waals surface area contributed by atoms with Crippen molar-refractivity contribution in [3.63, 3.8) is 0 Å². The standard InChI is InChI=1S/C24H37N3O3S/c1-18-15-20(19(2)27(18)21-9-5-3-6-10-21)11-12-24(28)25-22-16-31(29,30)17-23(22)26-13-7-4-8-14-26/h11-12,15,21-23H,3-10,13-14,16-17H2,1-2H3,(H,25,28)/b12-11+. The SMILES string of the molecule is Cc1cc(/C=C/C(=O)NC2CS(=O)(=O)CC2N2CCCCC2)c(C)n1C1CCCCC1. The maximum atomic E-state index is 12.7. The molecular formula is C24H37N3O3S. The summed E-state index contributed by atoms with van der Waals surface area (Å²) in [5.41, 5.74) is 3.53. The van der Waals surface area contributed by atoms with Gasteiger partial charge in [0.2, 0.25) is 5.91 Å². The predicted octanol–water partition coefficient (Wildman–Crippen LogP) is 3.39. The monoisotopic (exact) mass is 447 g/mol. The quantitative estimate of drug-likeness (QED) is 0.703. The van der Waals surface area contributed by atoms with Crippen LogP contribution in [0.2, 0.25) is 0 Å². The third-order valence-electron chi connectivity index (χ3n) is 7.39. The van der Waals surface area contributed by atoms with E-state index in [1.807, 2.05) is 6.08 Å². The second kappa shape index (κ2) is 9.49. The van der Waals surface area contributed by atoms with Crippen LogP contribution in [-0.4, -0.2) is 60.5 Å². The number of sulfone groups is 1. The molecule has 172 valence electrons. The average Bonchev–Trinajstić information content (AvgIpc) is 3.21. The number of nitrogens with one attached hydrogen (secondary N) is 1. The molecule has 1 N–H and O–H groups in total. The van der Waals surface area contributed by atoms with Gasteiger partial charge in [0.15, 0.2) is 9.84 Å². The van der Waals surface area contributed by atoms with Gasteiger partial charge in [-0.1, -0.05) is 25.7 Å². The number of likely N-dealkylation sites (tertiary alicyclic amines) is 1. The second-order valence-corrected chi connectivity index (χ2v) is 11.8. The molecule has 3 heterocycles. The lowest BCUT2D eigenvalue weighted by atomic mass is 9.95. The highest BCUT2D eigenvalue weighted by Gasteiger charge is 2.41. The summed E-state index contributed by atoms with van der Waals surface area (Å²) in [6.07, 6.45) is 13.2. The van der Waals surface area contributed by atoms with Crippen molar-refractivity contribution in [2.45, 2.75) is 83.3 Å². The fraction of sp³-hybridized carbons (Fsp3) is 0.708. The summed E-state index contributed by atoms with van der Waals surface area (Å²) in [5.74, 6) is 0.000280. The molecule has 3 aliphatic rings. The van der Waals surface area contributed by atoms with Crippen LogP contribution in [0.15, 0.2) is 12.1 Å². The molecule has 0 spiro atoms. The molecule has 1 aromatic rings. The Kier molecular flexibility index (Phi) is 6.92. The Morgan fingerprint density at radius 2 is 1.71 bits per heavy atom. The van der Waals surface area contributed by atoms with Gasteiger partial charge in [0.1, 0.15) is 0 Å². The largest absolute Gasteiger partial charge is 0.347 e. The first-order chi connectivity index (χ1) is 14.8. The molecule has 2 saturated heterocycles. The lowest BCUT2D eigenvalue weighted by Gasteiger charge is -2.34. The number of carbonyl (C=O) groups is 1. The molecule has 4 rings (SSSR count). The van der Waals surface area contributed by atoms with Crippen LogP contribution in [0.25, 0.3) is 6.08 Å². The summed E-state index contributed by atoms with van der Waals surface area (Å²) < 4.78 is 27.0. The summed E-state index contributed by atoms with van der Waals surface area (Å²) in [5, 5.41) is 3.00. The number of nitrogens with zero attached hydrogens (tertiary/aromatic N) is 2. The van der Waals surface area contributed by atoms with E-state index in [2.05, 4.69) is 34.7 Å². The van der Waals surface area contributed by atoms with E-state index in [1.165, 1.54) is 49.9 Å². The molecule has 2 aliphatic heterocycles. The van der Waals surface area contributed by atoms with Crippen LogP contribution in [0.1, 0.15) is 74.4 Å². The maximum absolute atomic E-state index is 12.7. The number of hydrogen-bond donors (Lipinski definition) is 1. The Balaban J connectivity index is 1.43. The average molecular weight is 448 g/mol. The number of hydrogen-bond acceptors (Lipinski definition) is 4. The van der Waals surface area contributed by atoms with E-state index in [-0.39, 0.29) is 29.5 Å². The molecule has 3 fully saturated rings. The van der Waals surface area contributed by atoms with Crippen molar-refractivity contribution in [1.29, 1.82) is 0 Å². The van der Waals surface area contributed by atoms with Crippen LogP contribution in [0.5, 0.6) is 0 Å². The molecule has 0 aromatic carbocycles. The van der Waals surface area contributed by atoms with Gasteiger partial charge in [0.05, 0.1) is 17.5 Å². The zero-order valence-electron chi connectivity index (χ0n) is 19.0. The number of carbonyl (C=O) groups excluding carboxylic acids is 1. The van der Waals surface area contributed by atoms with Crippen molar-refractivity contribution >= 4 is 21.8 Å². The molecule has 2 unspecified atom stereocenters. The van der Waals surface area contributed by atoms with Gasteiger partial charge >= 0.3 is 0 Å².